The van der Waals surface area contributed by atoms with Gasteiger partial charge in [-0.15, -0.1) is 0 Å². The van der Waals surface area contributed by atoms with Gasteiger partial charge in [-0.2, -0.15) is 10.4 Å². The van der Waals surface area contributed by atoms with E-state index in [0.29, 0.717) is 17.9 Å². The van der Waals surface area contributed by atoms with E-state index in [-0.39, 0.29) is 18.1 Å². The topological polar surface area (TPSA) is 96.5 Å². The molecule has 1 atom stereocenters. The van der Waals surface area contributed by atoms with Gasteiger partial charge in [-0.1, -0.05) is 31.2 Å². The average Bonchev–Trinajstić information content (AvgIpc) is 3.12. The van der Waals surface area contributed by atoms with Crippen LogP contribution in [0.1, 0.15) is 35.7 Å². The zero-order chi connectivity index (χ0) is 20.1. The highest BCUT2D eigenvalue weighted by Gasteiger charge is 2.14. The molecule has 3 rings (SSSR count). The number of carbonyl (C=O) groups excluding carboxylic acids is 1. The molecule has 0 aliphatic heterocycles. The summed E-state index contributed by atoms with van der Waals surface area (Å²) < 4.78 is 1.70. The van der Waals surface area contributed by atoms with Crippen molar-refractivity contribution < 1.29 is 4.79 Å². The predicted molar refractivity (Wildman–Crippen MR) is 107 cm³/mol. The third-order valence-corrected chi connectivity index (χ3v) is 4.52. The smallest absolute Gasteiger partial charge is 0.227 e. The highest BCUT2D eigenvalue weighted by atomic mass is 16.1. The minimum absolute atomic E-state index is 0.0155. The fourth-order valence-corrected chi connectivity index (χ4v) is 2.85. The average molecular weight is 374 g/mol. The maximum atomic E-state index is 12.4. The van der Waals surface area contributed by atoms with Crippen LogP contribution in [-0.2, 0) is 7.05 Å². The van der Waals surface area contributed by atoms with Crippen LogP contribution in [0, 0.1) is 24.2 Å². The molecule has 28 heavy (non-hydrogen) atoms. The van der Waals surface area contributed by atoms with Gasteiger partial charge in [0.25, 0.3) is 0 Å². The summed E-state index contributed by atoms with van der Waals surface area (Å²) in [6, 6.07) is 9.51. The second kappa shape index (κ2) is 8.44. The number of hydrogen-bond donors (Lipinski definition) is 1. The van der Waals surface area contributed by atoms with E-state index < -0.39 is 0 Å². The minimum atomic E-state index is -0.239. The van der Waals surface area contributed by atoms with Crippen molar-refractivity contribution in [3.05, 3.63) is 54.0 Å². The number of benzene rings is 1. The highest BCUT2D eigenvalue weighted by Crippen LogP contribution is 2.24. The molecule has 0 saturated heterocycles. The predicted octanol–water partition coefficient (Wildman–Crippen LogP) is 4.05. The van der Waals surface area contributed by atoms with Crippen molar-refractivity contribution in [1.29, 1.82) is 5.26 Å². The molecule has 0 aliphatic carbocycles. The van der Waals surface area contributed by atoms with E-state index in [1.165, 1.54) is 0 Å². The second-order valence-electron chi connectivity index (χ2n) is 6.69. The molecule has 0 fully saturated rings. The first-order valence-electron chi connectivity index (χ1n) is 9.12. The molecule has 0 bridgehead atoms. The van der Waals surface area contributed by atoms with Crippen LogP contribution in [0.15, 0.2) is 42.9 Å². The van der Waals surface area contributed by atoms with Crippen LogP contribution < -0.4 is 5.32 Å². The summed E-state index contributed by atoms with van der Waals surface area (Å²) in [5.41, 5.74) is 4.05. The van der Waals surface area contributed by atoms with Gasteiger partial charge in [0.05, 0.1) is 29.6 Å². The second-order valence-corrected chi connectivity index (χ2v) is 6.69. The third-order valence-electron chi connectivity index (χ3n) is 4.52. The molecular formula is C21H22N6O. The first-order valence-corrected chi connectivity index (χ1v) is 9.12. The Bertz CT molecular complexity index is 1020. The Morgan fingerprint density at radius 2 is 2.04 bits per heavy atom. The quantitative estimate of drug-likeness (QED) is 0.627. The van der Waals surface area contributed by atoms with Crippen LogP contribution in [0.2, 0.25) is 0 Å². The summed E-state index contributed by atoms with van der Waals surface area (Å²) in [6.45, 7) is 3.86. The number of carbonyl (C=O) groups is 1. The lowest BCUT2D eigenvalue weighted by Gasteiger charge is -2.09. The van der Waals surface area contributed by atoms with Gasteiger partial charge in [0.2, 0.25) is 5.95 Å². The summed E-state index contributed by atoms with van der Waals surface area (Å²) in [6.07, 6.45) is 6.23. The number of hydrogen-bond acceptors (Lipinski definition) is 6. The lowest BCUT2D eigenvalue weighted by Crippen LogP contribution is -2.06. The van der Waals surface area contributed by atoms with Gasteiger partial charge in [-0.25, -0.2) is 9.97 Å². The van der Waals surface area contributed by atoms with Gasteiger partial charge in [0.15, 0.2) is 5.78 Å². The van der Waals surface area contributed by atoms with Crippen molar-refractivity contribution in [2.75, 3.05) is 5.32 Å². The Morgan fingerprint density at radius 1 is 1.29 bits per heavy atom. The normalized spacial score (nSPS) is 11.6. The van der Waals surface area contributed by atoms with Gasteiger partial charge in [-0.05, 0) is 18.9 Å². The lowest BCUT2D eigenvalue weighted by atomic mass is 9.96. The van der Waals surface area contributed by atoms with Crippen molar-refractivity contribution in [1.82, 2.24) is 19.7 Å². The van der Waals surface area contributed by atoms with Crippen molar-refractivity contribution in [2.45, 2.75) is 26.7 Å². The van der Waals surface area contributed by atoms with Crippen molar-refractivity contribution in [2.24, 2.45) is 13.0 Å². The molecule has 0 unspecified atom stereocenters. The molecule has 142 valence electrons. The van der Waals surface area contributed by atoms with Crippen molar-refractivity contribution >= 4 is 17.4 Å². The number of ketones is 1. The molecule has 0 aliphatic rings. The van der Waals surface area contributed by atoms with E-state index in [0.717, 1.165) is 22.5 Å². The SMILES string of the molecule is CC[C@@H](C#N)CC(=O)c1ccc(-c2nc(Nc3cnn(C)c3)ncc2C)cc1. The Morgan fingerprint density at radius 3 is 2.64 bits per heavy atom. The summed E-state index contributed by atoms with van der Waals surface area (Å²) in [7, 11) is 1.84. The summed E-state index contributed by atoms with van der Waals surface area (Å²) >= 11 is 0. The summed E-state index contributed by atoms with van der Waals surface area (Å²) in [4.78, 5) is 21.3. The number of Topliss-reactive ketones (excluding diaryl/α,β-unsaturated/α-hetero) is 1. The van der Waals surface area contributed by atoms with Crippen LogP contribution in [-0.4, -0.2) is 25.5 Å². The molecule has 3 aromatic rings. The molecule has 0 radical (unpaired) electrons. The van der Waals surface area contributed by atoms with Gasteiger partial charge >= 0.3 is 0 Å². The monoisotopic (exact) mass is 374 g/mol. The summed E-state index contributed by atoms with van der Waals surface area (Å²) in [5.74, 6) is 0.226. The number of aryl methyl sites for hydroxylation is 2. The van der Waals surface area contributed by atoms with E-state index in [9.17, 15) is 4.79 Å². The zero-order valence-electron chi connectivity index (χ0n) is 16.2. The Kier molecular flexibility index (Phi) is 5.80. The largest absolute Gasteiger partial charge is 0.321 e. The minimum Gasteiger partial charge on any atom is -0.321 e. The van der Waals surface area contributed by atoms with Gasteiger partial charge < -0.3 is 5.32 Å². The van der Waals surface area contributed by atoms with E-state index in [2.05, 4.69) is 26.5 Å². The number of nitrogens with zero attached hydrogens (tertiary/aromatic N) is 5. The summed E-state index contributed by atoms with van der Waals surface area (Å²) in [5, 5.41) is 16.3. The van der Waals surface area contributed by atoms with Gasteiger partial charge in [-0.3, -0.25) is 9.48 Å². The highest BCUT2D eigenvalue weighted by molar-refractivity contribution is 5.96. The lowest BCUT2D eigenvalue weighted by molar-refractivity contribution is 0.0969. The van der Waals surface area contributed by atoms with Crippen LogP contribution in [0.4, 0.5) is 11.6 Å². The molecule has 0 amide bonds. The van der Waals surface area contributed by atoms with Gasteiger partial charge in [0.1, 0.15) is 0 Å². The number of aromatic nitrogens is 4. The molecule has 7 heteroatoms. The molecule has 1 N–H and O–H groups in total. The fourth-order valence-electron chi connectivity index (χ4n) is 2.85. The standard InChI is InChI=1S/C21H22N6O/c1-4-15(10-22)9-19(28)16-5-7-17(8-6-16)20-14(2)11-23-21(26-20)25-18-12-24-27(3)13-18/h5-8,11-13,15H,4,9H2,1-3H3,(H,23,25,26)/t15-/m1/s1. The fraction of sp³-hybridized carbons (Fsp3) is 0.286. The first kappa shape index (κ1) is 19.2. The molecular weight excluding hydrogens is 352 g/mol. The van der Waals surface area contributed by atoms with E-state index in [1.807, 2.05) is 39.2 Å². The van der Waals surface area contributed by atoms with Gasteiger partial charge in [0, 0.05) is 37.0 Å². The maximum absolute atomic E-state index is 12.4. The third kappa shape index (κ3) is 4.41. The molecule has 2 aromatic heterocycles. The number of anilines is 2. The van der Waals surface area contributed by atoms with E-state index in [1.54, 1.807) is 29.2 Å². The molecule has 7 nitrogen and oxygen atoms in total. The number of nitrogens with one attached hydrogen (secondary N) is 1. The number of rotatable bonds is 7. The van der Waals surface area contributed by atoms with Crippen molar-refractivity contribution in [3.63, 3.8) is 0 Å². The molecule has 0 saturated carbocycles. The zero-order valence-corrected chi connectivity index (χ0v) is 16.2. The van der Waals surface area contributed by atoms with Crippen molar-refractivity contribution in [3.8, 4) is 17.3 Å². The Hall–Kier alpha value is -3.53. The number of nitriles is 1. The molecule has 0 spiro atoms. The maximum Gasteiger partial charge on any atom is 0.227 e. The molecule has 2 heterocycles. The van der Waals surface area contributed by atoms with E-state index >= 15 is 0 Å². The Balaban J connectivity index is 1.80. The van der Waals surface area contributed by atoms with E-state index in [4.69, 9.17) is 5.26 Å². The Labute approximate surface area is 164 Å². The first-order chi connectivity index (χ1) is 13.5. The van der Waals surface area contributed by atoms with Crippen LogP contribution in [0.3, 0.4) is 0 Å². The van der Waals surface area contributed by atoms with Crippen LogP contribution >= 0.6 is 0 Å². The van der Waals surface area contributed by atoms with Crippen LogP contribution in [0.5, 0.6) is 0 Å². The molecule has 1 aromatic carbocycles. The van der Waals surface area contributed by atoms with Crippen LogP contribution in [0.25, 0.3) is 11.3 Å².